The monoisotopic (exact) mass is 330 g/mol. The number of carbonyl (C=O) groups is 1. The summed E-state index contributed by atoms with van der Waals surface area (Å²) in [7, 11) is 0. The quantitative estimate of drug-likeness (QED) is 0.781. The van der Waals surface area contributed by atoms with Crippen LogP contribution in [0.3, 0.4) is 0 Å². The highest BCUT2D eigenvalue weighted by Crippen LogP contribution is 2.26. The Labute approximate surface area is 137 Å². The van der Waals surface area contributed by atoms with Gasteiger partial charge in [0.1, 0.15) is 0 Å². The summed E-state index contributed by atoms with van der Waals surface area (Å²) in [5.74, 6) is 0.00969. The molecule has 0 saturated carbocycles. The molecule has 5 heteroatoms. The van der Waals surface area contributed by atoms with Crippen molar-refractivity contribution in [1.29, 1.82) is 0 Å². The van der Waals surface area contributed by atoms with E-state index < -0.39 is 0 Å². The number of hydrogen-bond acceptors (Lipinski definition) is 2. The van der Waals surface area contributed by atoms with E-state index in [9.17, 15) is 4.79 Å². The maximum absolute atomic E-state index is 12.2. The molecule has 1 aromatic rings. The third-order valence-electron chi connectivity index (χ3n) is 3.53. The minimum Gasteiger partial charge on any atom is -0.349 e. The van der Waals surface area contributed by atoms with Crippen molar-refractivity contribution in [3.05, 3.63) is 33.8 Å². The molecule has 118 valence electrons. The Morgan fingerprint density at radius 1 is 1.24 bits per heavy atom. The molecule has 21 heavy (non-hydrogen) atoms. The molecule has 1 aromatic carbocycles. The Morgan fingerprint density at radius 2 is 1.90 bits per heavy atom. The highest BCUT2D eigenvalue weighted by molar-refractivity contribution is 6.35. The van der Waals surface area contributed by atoms with Crippen LogP contribution in [0, 0.1) is 5.92 Å². The maximum atomic E-state index is 12.2. The summed E-state index contributed by atoms with van der Waals surface area (Å²) in [5.41, 5.74) is 6.59. The molecule has 0 aliphatic carbocycles. The number of amides is 1. The number of nitrogens with one attached hydrogen (secondary N) is 1. The third kappa shape index (κ3) is 6.25. The van der Waals surface area contributed by atoms with Gasteiger partial charge in [0.05, 0.1) is 6.04 Å². The molecule has 0 saturated heterocycles. The zero-order valence-electron chi connectivity index (χ0n) is 12.8. The SMILES string of the molecule is CC(N)CCCC(C)C(=O)NC(C)c1ccc(Cl)cc1Cl. The Kier molecular flexibility index (Phi) is 7.50. The van der Waals surface area contributed by atoms with E-state index in [1.165, 1.54) is 0 Å². The first-order valence-corrected chi connectivity index (χ1v) is 8.07. The van der Waals surface area contributed by atoms with Crippen LogP contribution < -0.4 is 11.1 Å². The summed E-state index contributed by atoms with van der Waals surface area (Å²) < 4.78 is 0. The van der Waals surface area contributed by atoms with Gasteiger partial charge < -0.3 is 11.1 Å². The Morgan fingerprint density at radius 3 is 2.48 bits per heavy atom. The summed E-state index contributed by atoms with van der Waals surface area (Å²) >= 11 is 12.0. The van der Waals surface area contributed by atoms with Gasteiger partial charge in [0.2, 0.25) is 5.91 Å². The van der Waals surface area contributed by atoms with Gasteiger partial charge in [-0.2, -0.15) is 0 Å². The van der Waals surface area contributed by atoms with Crippen LogP contribution in [0.4, 0.5) is 0 Å². The van der Waals surface area contributed by atoms with Crippen LogP contribution in [0.1, 0.15) is 51.6 Å². The average molecular weight is 331 g/mol. The second-order valence-corrected chi connectivity index (χ2v) is 6.55. The van der Waals surface area contributed by atoms with Crippen molar-refractivity contribution in [2.45, 2.75) is 52.1 Å². The highest BCUT2D eigenvalue weighted by Gasteiger charge is 2.17. The second kappa shape index (κ2) is 8.62. The van der Waals surface area contributed by atoms with Crippen molar-refractivity contribution in [2.24, 2.45) is 11.7 Å². The second-order valence-electron chi connectivity index (χ2n) is 5.71. The molecule has 0 aliphatic heterocycles. The predicted octanol–water partition coefficient (Wildman–Crippen LogP) is 4.32. The first-order chi connectivity index (χ1) is 9.81. The zero-order chi connectivity index (χ0) is 16.0. The molecular formula is C16H24Cl2N2O. The van der Waals surface area contributed by atoms with E-state index in [1.54, 1.807) is 12.1 Å². The lowest BCUT2D eigenvalue weighted by Crippen LogP contribution is -2.31. The van der Waals surface area contributed by atoms with Crippen LogP contribution in [0.25, 0.3) is 0 Å². The summed E-state index contributed by atoms with van der Waals surface area (Å²) in [6, 6.07) is 5.35. The van der Waals surface area contributed by atoms with Crippen LogP contribution in [0.15, 0.2) is 18.2 Å². The maximum Gasteiger partial charge on any atom is 0.223 e. The number of hydrogen-bond donors (Lipinski definition) is 2. The van der Waals surface area contributed by atoms with Crippen molar-refractivity contribution < 1.29 is 4.79 Å². The number of halogens is 2. The molecule has 0 aliphatic rings. The van der Waals surface area contributed by atoms with E-state index in [1.807, 2.05) is 26.8 Å². The minimum atomic E-state index is -0.141. The van der Waals surface area contributed by atoms with E-state index in [4.69, 9.17) is 28.9 Å². The first kappa shape index (κ1) is 18.3. The molecule has 1 rings (SSSR count). The van der Waals surface area contributed by atoms with Gasteiger partial charge in [-0.05, 0) is 44.4 Å². The van der Waals surface area contributed by atoms with Crippen LogP contribution >= 0.6 is 23.2 Å². The van der Waals surface area contributed by atoms with Gasteiger partial charge in [0.25, 0.3) is 0 Å². The molecule has 0 fully saturated rings. The van der Waals surface area contributed by atoms with Gasteiger partial charge >= 0.3 is 0 Å². The van der Waals surface area contributed by atoms with Gasteiger partial charge in [-0.15, -0.1) is 0 Å². The Bertz CT molecular complexity index is 477. The van der Waals surface area contributed by atoms with Crippen LogP contribution in [0.2, 0.25) is 10.0 Å². The molecule has 0 radical (unpaired) electrons. The van der Waals surface area contributed by atoms with Crippen molar-refractivity contribution in [2.75, 3.05) is 0 Å². The van der Waals surface area contributed by atoms with Gasteiger partial charge in [-0.3, -0.25) is 4.79 Å². The summed E-state index contributed by atoms with van der Waals surface area (Å²) in [4.78, 5) is 12.2. The predicted molar refractivity (Wildman–Crippen MR) is 89.7 cm³/mol. The lowest BCUT2D eigenvalue weighted by Gasteiger charge is -2.19. The van der Waals surface area contributed by atoms with Crippen LogP contribution in [-0.2, 0) is 4.79 Å². The van der Waals surface area contributed by atoms with Crippen LogP contribution in [0.5, 0.6) is 0 Å². The molecule has 0 aromatic heterocycles. The van der Waals surface area contributed by atoms with Crippen molar-refractivity contribution in [3.8, 4) is 0 Å². The molecule has 3 nitrogen and oxygen atoms in total. The average Bonchev–Trinajstić information content (AvgIpc) is 2.37. The van der Waals surface area contributed by atoms with E-state index in [-0.39, 0.29) is 23.9 Å². The molecule has 1 amide bonds. The fourth-order valence-corrected chi connectivity index (χ4v) is 2.74. The summed E-state index contributed by atoms with van der Waals surface area (Å²) in [5, 5.41) is 4.16. The molecule has 3 atom stereocenters. The Hall–Kier alpha value is -0.770. The van der Waals surface area contributed by atoms with E-state index in [2.05, 4.69) is 5.32 Å². The minimum absolute atomic E-state index is 0.0303. The summed E-state index contributed by atoms with van der Waals surface area (Å²) in [6.45, 7) is 5.84. The van der Waals surface area contributed by atoms with Crippen molar-refractivity contribution >= 4 is 29.1 Å². The van der Waals surface area contributed by atoms with Crippen molar-refractivity contribution in [3.63, 3.8) is 0 Å². The van der Waals surface area contributed by atoms with Gasteiger partial charge in [-0.1, -0.05) is 42.6 Å². The fraction of sp³-hybridized carbons (Fsp3) is 0.562. The topological polar surface area (TPSA) is 55.1 Å². The van der Waals surface area contributed by atoms with Gasteiger partial charge in [0.15, 0.2) is 0 Å². The number of carbonyl (C=O) groups excluding carboxylic acids is 1. The first-order valence-electron chi connectivity index (χ1n) is 7.32. The zero-order valence-corrected chi connectivity index (χ0v) is 14.3. The molecule has 3 N–H and O–H groups in total. The molecular weight excluding hydrogens is 307 g/mol. The van der Waals surface area contributed by atoms with Gasteiger partial charge in [0, 0.05) is 22.0 Å². The largest absolute Gasteiger partial charge is 0.349 e. The lowest BCUT2D eigenvalue weighted by atomic mass is 10.0. The van der Waals surface area contributed by atoms with Crippen molar-refractivity contribution in [1.82, 2.24) is 5.32 Å². The number of benzene rings is 1. The Balaban J connectivity index is 2.53. The lowest BCUT2D eigenvalue weighted by molar-refractivity contribution is -0.125. The van der Waals surface area contributed by atoms with E-state index in [0.717, 1.165) is 24.8 Å². The molecule has 0 heterocycles. The normalized spacial score (nSPS) is 15.3. The van der Waals surface area contributed by atoms with Gasteiger partial charge in [-0.25, -0.2) is 0 Å². The van der Waals surface area contributed by atoms with Crippen LogP contribution in [-0.4, -0.2) is 11.9 Å². The summed E-state index contributed by atoms with van der Waals surface area (Å²) in [6.07, 6.45) is 2.74. The number of nitrogens with two attached hydrogens (primary N) is 1. The fourth-order valence-electron chi connectivity index (χ4n) is 2.16. The highest BCUT2D eigenvalue weighted by atomic mass is 35.5. The molecule has 0 spiro atoms. The standard InChI is InChI=1S/C16H24Cl2N2O/c1-10(5-4-6-11(2)19)16(21)20-12(3)14-8-7-13(17)9-15(14)18/h7-12H,4-6,19H2,1-3H3,(H,20,21). The molecule has 0 bridgehead atoms. The molecule has 3 unspecified atom stereocenters. The smallest absolute Gasteiger partial charge is 0.223 e. The van der Waals surface area contributed by atoms with E-state index >= 15 is 0 Å². The van der Waals surface area contributed by atoms with E-state index in [0.29, 0.717) is 10.0 Å². The third-order valence-corrected chi connectivity index (χ3v) is 4.09. The number of rotatable bonds is 7.